The van der Waals surface area contributed by atoms with Crippen molar-refractivity contribution in [3.05, 3.63) is 16.4 Å². The lowest BCUT2D eigenvalue weighted by molar-refractivity contribution is 0.0951. The molecule has 0 fully saturated rings. The normalized spacial score (nSPS) is 11.2. The Morgan fingerprint density at radius 2 is 1.86 bits per heavy atom. The number of nitrogens with zero attached hydrogens (tertiary/aromatic N) is 3. The van der Waals surface area contributed by atoms with E-state index in [1.54, 1.807) is 4.68 Å². The molecule has 1 heterocycles. The van der Waals surface area contributed by atoms with Crippen molar-refractivity contribution in [3.8, 4) is 0 Å². The smallest absolute Gasteiger partial charge is 0.256 e. The van der Waals surface area contributed by atoms with Gasteiger partial charge < -0.3 is 10.2 Å². The second-order valence-corrected chi connectivity index (χ2v) is 5.88. The van der Waals surface area contributed by atoms with Gasteiger partial charge in [-0.2, -0.15) is 5.10 Å². The van der Waals surface area contributed by atoms with Gasteiger partial charge in [0, 0.05) is 13.1 Å². The molecule has 0 aliphatic carbocycles. The van der Waals surface area contributed by atoms with E-state index < -0.39 is 0 Å². The number of carbonyl (C=O) groups is 1. The molecule has 0 bridgehead atoms. The molecule has 0 saturated heterocycles. The second-order valence-electron chi connectivity index (χ2n) is 5.52. The van der Waals surface area contributed by atoms with Crippen molar-refractivity contribution in [2.24, 2.45) is 0 Å². The maximum absolute atomic E-state index is 12.2. The van der Waals surface area contributed by atoms with E-state index in [9.17, 15) is 4.79 Å². The fourth-order valence-corrected chi connectivity index (χ4v) is 2.96. The predicted octanol–water partition coefficient (Wildman–Crippen LogP) is 3.11. The number of rotatable bonds is 10. The van der Waals surface area contributed by atoms with Gasteiger partial charge in [-0.25, -0.2) is 0 Å². The zero-order valence-corrected chi connectivity index (χ0v) is 15.0. The van der Waals surface area contributed by atoms with E-state index in [0.717, 1.165) is 38.9 Å². The monoisotopic (exact) mass is 328 g/mol. The van der Waals surface area contributed by atoms with E-state index in [1.807, 2.05) is 13.8 Å². The summed E-state index contributed by atoms with van der Waals surface area (Å²) in [6, 6.07) is 0. The first-order chi connectivity index (χ1) is 10.5. The molecule has 22 heavy (non-hydrogen) atoms. The van der Waals surface area contributed by atoms with E-state index in [4.69, 9.17) is 11.6 Å². The number of carbonyl (C=O) groups excluding carboxylic acids is 1. The predicted molar refractivity (Wildman–Crippen MR) is 91.6 cm³/mol. The average molecular weight is 329 g/mol. The highest BCUT2D eigenvalue weighted by Gasteiger charge is 2.19. The Hall–Kier alpha value is -1.07. The highest BCUT2D eigenvalue weighted by atomic mass is 35.5. The van der Waals surface area contributed by atoms with E-state index in [2.05, 4.69) is 29.2 Å². The van der Waals surface area contributed by atoms with Crippen molar-refractivity contribution in [1.29, 1.82) is 0 Å². The Labute approximate surface area is 139 Å². The van der Waals surface area contributed by atoms with Crippen LogP contribution in [0.25, 0.3) is 0 Å². The zero-order valence-electron chi connectivity index (χ0n) is 14.3. The Kier molecular flexibility index (Phi) is 8.49. The van der Waals surface area contributed by atoms with Crippen molar-refractivity contribution in [1.82, 2.24) is 20.0 Å². The summed E-state index contributed by atoms with van der Waals surface area (Å²) < 4.78 is 1.65. The highest BCUT2D eigenvalue weighted by Crippen LogP contribution is 2.19. The molecule has 0 radical (unpaired) electrons. The van der Waals surface area contributed by atoms with Crippen molar-refractivity contribution in [2.75, 3.05) is 26.2 Å². The minimum Gasteiger partial charge on any atom is -0.352 e. The molecule has 0 spiro atoms. The molecule has 5 nitrogen and oxygen atoms in total. The molecule has 6 heteroatoms. The fourth-order valence-electron chi connectivity index (χ4n) is 2.58. The molecule has 1 aromatic rings. The average Bonchev–Trinajstić information content (AvgIpc) is 2.78. The van der Waals surface area contributed by atoms with Gasteiger partial charge in [0.15, 0.2) is 0 Å². The van der Waals surface area contributed by atoms with E-state index in [1.165, 1.54) is 0 Å². The maximum atomic E-state index is 12.2. The Morgan fingerprint density at radius 3 is 2.36 bits per heavy atom. The van der Waals surface area contributed by atoms with Gasteiger partial charge >= 0.3 is 0 Å². The Morgan fingerprint density at radius 1 is 1.23 bits per heavy atom. The molecule has 1 rings (SSSR count). The molecule has 0 saturated carbocycles. The van der Waals surface area contributed by atoms with Gasteiger partial charge in [0.05, 0.1) is 11.3 Å². The number of nitrogens with one attached hydrogen (secondary N) is 1. The number of halogens is 1. The third-order valence-electron chi connectivity index (χ3n) is 3.61. The van der Waals surface area contributed by atoms with Gasteiger partial charge in [0.1, 0.15) is 5.15 Å². The van der Waals surface area contributed by atoms with Crippen LogP contribution in [0.2, 0.25) is 5.15 Å². The van der Waals surface area contributed by atoms with Crippen LogP contribution in [0.5, 0.6) is 0 Å². The fraction of sp³-hybridized carbons (Fsp3) is 0.750. The number of hydrogen-bond acceptors (Lipinski definition) is 3. The summed E-state index contributed by atoms with van der Waals surface area (Å²) in [6.07, 6.45) is 3.28. The van der Waals surface area contributed by atoms with Crippen molar-refractivity contribution in [3.63, 3.8) is 0 Å². The Bertz CT molecular complexity index is 467. The van der Waals surface area contributed by atoms with Gasteiger partial charge in [-0.3, -0.25) is 9.48 Å². The van der Waals surface area contributed by atoms with Crippen molar-refractivity contribution < 1.29 is 4.79 Å². The lowest BCUT2D eigenvalue weighted by Gasteiger charge is -2.20. The quantitative estimate of drug-likeness (QED) is 0.671. The van der Waals surface area contributed by atoms with E-state index >= 15 is 0 Å². The van der Waals surface area contributed by atoms with Gasteiger partial charge in [-0.15, -0.1) is 0 Å². The van der Waals surface area contributed by atoms with Crippen LogP contribution < -0.4 is 5.32 Å². The third-order valence-corrected chi connectivity index (χ3v) is 3.99. The molecule has 1 amide bonds. The first-order valence-corrected chi connectivity index (χ1v) is 8.66. The summed E-state index contributed by atoms with van der Waals surface area (Å²) >= 11 is 6.20. The third kappa shape index (κ3) is 5.29. The van der Waals surface area contributed by atoms with Crippen LogP contribution in [0.1, 0.15) is 56.1 Å². The molecule has 0 unspecified atom stereocenters. The van der Waals surface area contributed by atoms with Crippen LogP contribution in [-0.2, 0) is 6.54 Å². The number of amides is 1. The van der Waals surface area contributed by atoms with Gasteiger partial charge in [0.2, 0.25) is 0 Å². The van der Waals surface area contributed by atoms with E-state index in [0.29, 0.717) is 29.5 Å². The Balaban J connectivity index is 2.45. The summed E-state index contributed by atoms with van der Waals surface area (Å²) in [4.78, 5) is 14.7. The standard InChI is InChI=1S/C16H29ClN4O/c1-5-10-20(11-6-2)12-8-9-18-16(22)14-13(4)19-21(7-3)15(14)17/h5-12H2,1-4H3,(H,18,22). The molecule has 0 aliphatic heterocycles. The molecule has 0 atom stereocenters. The lowest BCUT2D eigenvalue weighted by atomic mass is 10.2. The summed E-state index contributed by atoms with van der Waals surface area (Å²) in [5.74, 6) is -0.125. The first kappa shape index (κ1) is 19.0. The molecule has 0 aromatic carbocycles. The SMILES string of the molecule is CCCN(CCC)CCCNC(=O)c1c(C)nn(CC)c1Cl. The van der Waals surface area contributed by atoms with E-state index in [-0.39, 0.29) is 5.91 Å². The van der Waals surface area contributed by atoms with Gasteiger partial charge in [-0.05, 0) is 52.7 Å². The first-order valence-electron chi connectivity index (χ1n) is 8.28. The molecular weight excluding hydrogens is 300 g/mol. The van der Waals surface area contributed by atoms with Crippen LogP contribution in [0, 0.1) is 6.92 Å². The molecule has 1 aromatic heterocycles. The molecule has 126 valence electrons. The summed E-state index contributed by atoms with van der Waals surface area (Å²) in [5, 5.41) is 7.65. The maximum Gasteiger partial charge on any atom is 0.256 e. The van der Waals surface area contributed by atoms with Crippen molar-refractivity contribution in [2.45, 2.75) is 53.5 Å². The minimum atomic E-state index is -0.125. The largest absolute Gasteiger partial charge is 0.352 e. The summed E-state index contributed by atoms with van der Waals surface area (Å²) in [6.45, 7) is 12.7. The van der Waals surface area contributed by atoms with Gasteiger partial charge in [0.25, 0.3) is 5.91 Å². The second kappa shape index (κ2) is 9.85. The molecular formula is C16H29ClN4O. The summed E-state index contributed by atoms with van der Waals surface area (Å²) in [7, 11) is 0. The van der Waals surface area contributed by atoms with Gasteiger partial charge in [-0.1, -0.05) is 25.4 Å². The van der Waals surface area contributed by atoms with Crippen LogP contribution >= 0.6 is 11.6 Å². The lowest BCUT2D eigenvalue weighted by Crippen LogP contribution is -2.31. The number of aromatic nitrogens is 2. The topological polar surface area (TPSA) is 50.2 Å². The number of hydrogen-bond donors (Lipinski definition) is 1. The molecule has 1 N–H and O–H groups in total. The van der Waals surface area contributed by atoms with Crippen LogP contribution in [0.4, 0.5) is 0 Å². The van der Waals surface area contributed by atoms with Crippen LogP contribution in [0.15, 0.2) is 0 Å². The number of aryl methyl sites for hydroxylation is 2. The van der Waals surface area contributed by atoms with Crippen LogP contribution in [0.3, 0.4) is 0 Å². The summed E-state index contributed by atoms with van der Waals surface area (Å²) in [5.41, 5.74) is 1.19. The van der Waals surface area contributed by atoms with Crippen LogP contribution in [-0.4, -0.2) is 46.8 Å². The minimum absolute atomic E-state index is 0.125. The zero-order chi connectivity index (χ0) is 16.5. The highest BCUT2D eigenvalue weighted by molar-refractivity contribution is 6.33. The molecule has 0 aliphatic rings. The van der Waals surface area contributed by atoms with Crippen molar-refractivity contribution >= 4 is 17.5 Å².